The molecule has 7 nitrogen and oxygen atoms in total. The van der Waals surface area contributed by atoms with Crippen molar-refractivity contribution in [3.05, 3.63) is 76.3 Å². The van der Waals surface area contributed by atoms with E-state index in [1.807, 2.05) is 49.4 Å². The van der Waals surface area contributed by atoms with Crippen molar-refractivity contribution in [2.45, 2.75) is 46.1 Å². The van der Waals surface area contributed by atoms with Crippen LogP contribution in [0.5, 0.6) is 5.75 Å². The zero-order valence-electron chi connectivity index (χ0n) is 21.0. The summed E-state index contributed by atoms with van der Waals surface area (Å²) < 4.78 is 14.5. The van der Waals surface area contributed by atoms with Gasteiger partial charge in [0.1, 0.15) is 11.3 Å². The van der Waals surface area contributed by atoms with Crippen LogP contribution < -0.4 is 10.4 Å². The van der Waals surface area contributed by atoms with Gasteiger partial charge in [-0.05, 0) is 48.9 Å². The van der Waals surface area contributed by atoms with Gasteiger partial charge >= 0.3 is 5.69 Å². The Bertz CT molecular complexity index is 1320. The zero-order valence-corrected chi connectivity index (χ0v) is 21.0. The number of benzene rings is 2. The number of hydrogen-bond acceptors (Lipinski definition) is 5. The summed E-state index contributed by atoms with van der Waals surface area (Å²) >= 11 is 0. The van der Waals surface area contributed by atoms with Crippen LogP contribution in [-0.2, 0) is 18.3 Å². The van der Waals surface area contributed by atoms with Crippen LogP contribution in [0.3, 0.4) is 0 Å². The highest BCUT2D eigenvalue weighted by Gasteiger charge is 2.17. The maximum Gasteiger partial charge on any atom is 0.330 e. The predicted molar refractivity (Wildman–Crippen MR) is 139 cm³/mol. The van der Waals surface area contributed by atoms with E-state index in [0.717, 1.165) is 42.9 Å². The summed E-state index contributed by atoms with van der Waals surface area (Å²) in [5.74, 6) is 1.80. The Balaban J connectivity index is 1.55. The van der Waals surface area contributed by atoms with E-state index in [1.165, 1.54) is 5.56 Å². The third kappa shape index (κ3) is 5.62. The van der Waals surface area contributed by atoms with Crippen LogP contribution in [-0.4, -0.2) is 38.9 Å². The topological polar surface area (TPSA) is 71.2 Å². The molecule has 0 N–H and O–H groups in total. The Morgan fingerprint density at radius 3 is 2.49 bits per heavy atom. The molecule has 2 aromatic heterocycles. The first-order valence-electron chi connectivity index (χ1n) is 12.3. The van der Waals surface area contributed by atoms with Crippen molar-refractivity contribution in [3.63, 3.8) is 0 Å². The average molecular weight is 475 g/mol. The lowest BCUT2D eigenvalue weighted by Gasteiger charge is -2.12. The van der Waals surface area contributed by atoms with Crippen LogP contribution >= 0.6 is 0 Å². The number of rotatable bonds is 11. The minimum atomic E-state index is -0.113. The number of aromatic nitrogens is 4. The molecule has 0 fully saturated rings. The van der Waals surface area contributed by atoms with Gasteiger partial charge in [-0.2, -0.15) is 0 Å². The van der Waals surface area contributed by atoms with Crippen molar-refractivity contribution in [3.8, 4) is 17.1 Å². The SMILES string of the molecule is CCOCCCCOc1ccc(Cn2c(=O)n(C)c3cnc(-c4ccccc4C(C)C)nc32)cc1. The fraction of sp³-hybridized carbons (Fsp3) is 0.393. The molecule has 7 heteroatoms. The van der Waals surface area contributed by atoms with Gasteiger partial charge in [-0.3, -0.25) is 9.13 Å². The molecule has 0 spiro atoms. The van der Waals surface area contributed by atoms with E-state index in [-0.39, 0.29) is 5.69 Å². The van der Waals surface area contributed by atoms with Crippen LogP contribution in [0.25, 0.3) is 22.6 Å². The lowest BCUT2D eigenvalue weighted by Crippen LogP contribution is -2.22. The van der Waals surface area contributed by atoms with Crippen LogP contribution in [0.15, 0.2) is 59.5 Å². The van der Waals surface area contributed by atoms with Crippen LogP contribution in [0, 0.1) is 0 Å². The second-order valence-corrected chi connectivity index (χ2v) is 8.97. The average Bonchev–Trinajstić information content (AvgIpc) is 3.11. The molecular formula is C28H34N4O3. The first kappa shape index (κ1) is 24.7. The molecule has 0 aliphatic carbocycles. The molecule has 0 saturated heterocycles. The van der Waals surface area contributed by atoms with Crippen molar-refractivity contribution >= 4 is 11.2 Å². The van der Waals surface area contributed by atoms with Gasteiger partial charge in [-0.1, -0.05) is 50.2 Å². The predicted octanol–water partition coefficient (Wildman–Crippen LogP) is 5.16. The van der Waals surface area contributed by atoms with E-state index >= 15 is 0 Å². The lowest BCUT2D eigenvalue weighted by molar-refractivity contribution is 0.138. The smallest absolute Gasteiger partial charge is 0.330 e. The quantitative estimate of drug-likeness (QED) is 0.281. The van der Waals surface area contributed by atoms with E-state index in [2.05, 4.69) is 24.9 Å². The summed E-state index contributed by atoms with van der Waals surface area (Å²) in [6.45, 7) is 8.92. The molecular weight excluding hydrogens is 440 g/mol. The molecule has 4 aromatic rings. The van der Waals surface area contributed by atoms with Crippen LogP contribution in [0.1, 0.15) is 50.7 Å². The molecule has 0 aliphatic rings. The first-order chi connectivity index (χ1) is 17.0. The summed E-state index contributed by atoms with van der Waals surface area (Å²) in [5, 5.41) is 0. The Kier molecular flexibility index (Phi) is 7.98. The van der Waals surface area contributed by atoms with Crippen molar-refractivity contribution in [1.82, 2.24) is 19.1 Å². The highest BCUT2D eigenvalue weighted by atomic mass is 16.5. The third-order valence-corrected chi connectivity index (χ3v) is 6.13. The lowest BCUT2D eigenvalue weighted by atomic mass is 9.97. The van der Waals surface area contributed by atoms with Gasteiger partial charge in [0.2, 0.25) is 0 Å². The second-order valence-electron chi connectivity index (χ2n) is 8.97. The van der Waals surface area contributed by atoms with Crippen molar-refractivity contribution in [2.75, 3.05) is 19.8 Å². The number of imidazole rings is 1. The number of unbranched alkanes of at least 4 members (excludes halogenated alkanes) is 1. The van der Waals surface area contributed by atoms with Gasteiger partial charge in [0.15, 0.2) is 11.5 Å². The number of ether oxygens (including phenoxy) is 2. The minimum Gasteiger partial charge on any atom is -0.494 e. The van der Waals surface area contributed by atoms with E-state index in [0.29, 0.717) is 36.1 Å². The highest BCUT2D eigenvalue weighted by Crippen LogP contribution is 2.27. The summed E-state index contributed by atoms with van der Waals surface area (Å²) in [6.07, 6.45) is 3.69. The molecule has 0 aliphatic heterocycles. The summed E-state index contributed by atoms with van der Waals surface area (Å²) in [5.41, 5.74) is 4.42. The van der Waals surface area contributed by atoms with Crippen molar-refractivity contribution in [2.24, 2.45) is 7.05 Å². The normalized spacial score (nSPS) is 11.5. The van der Waals surface area contributed by atoms with Gasteiger partial charge in [-0.15, -0.1) is 0 Å². The summed E-state index contributed by atoms with van der Waals surface area (Å²) in [7, 11) is 1.76. The number of nitrogens with zero attached hydrogens (tertiary/aromatic N) is 4. The second kappa shape index (κ2) is 11.3. The van der Waals surface area contributed by atoms with E-state index in [1.54, 1.807) is 22.4 Å². The fourth-order valence-electron chi connectivity index (χ4n) is 4.17. The van der Waals surface area contributed by atoms with Gasteiger partial charge < -0.3 is 9.47 Å². The Labute approximate surface area is 206 Å². The molecule has 184 valence electrons. The molecule has 2 heterocycles. The molecule has 0 unspecified atom stereocenters. The summed E-state index contributed by atoms with van der Waals surface area (Å²) in [6, 6.07) is 16.1. The van der Waals surface area contributed by atoms with E-state index < -0.39 is 0 Å². The molecule has 0 bridgehead atoms. The van der Waals surface area contributed by atoms with E-state index in [9.17, 15) is 4.79 Å². The standard InChI is InChI=1S/C28H34N4O3/c1-5-34-16-8-9-17-35-22-14-12-21(13-15-22)19-32-27-25(31(4)28(32)33)18-29-26(30-27)24-11-7-6-10-23(24)20(2)3/h6-7,10-15,18,20H,5,8-9,16-17,19H2,1-4H3. The van der Waals surface area contributed by atoms with Crippen molar-refractivity contribution in [1.29, 1.82) is 0 Å². The monoisotopic (exact) mass is 474 g/mol. The molecule has 4 rings (SSSR count). The Hall–Kier alpha value is -3.45. The number of fused-ring (bicyclic) bond motifs is 1. The Morgan fingerprint density at radius 1 is 1.00 bits per heavy atom. The van der Waals surface area contributed by atoms with Crippen LogP contribution in [0.2, 0.25) is 0 Å². The number of hydrogen-bond donors (Lipinski definition) is 0. The minimum absolute atomic E-state index is 0.113. The first-order valence-corrected chi connectivity index (χ1v) is 12.3. The third-order valence-electron chi connectivity index (χ3n) is 6.13. The Morgan fingerprint density at radius 2 is 1.74 bits per heavy atom. The molecule has 0 radical (unpaired) electrons. The molecule has 35 heavy (non-hydrogen) atoms. The van der Waals surface area contributed by atoms with Gasteiger partial charge in [0, 0.05) is 25.8 Å². The maximum atomic E-state index is 13.1. The van der Waals surface area contributed by atoms with Gasteiger partial charge in [-0.25, -0.2) is 14.8 Å². The number of aryl methyl sites for hydroxylation is 1. The molecule has 0 amide bonds. The molecule has 2 aromatic carbocycles. The highest BCUT2D eigenvalue weighted by molar-refractivity contribution is 5.74. The van der Waals surface area contributed by atoms with E-state index in [4.69, 9.17) is 14.5 Å². The van der Waals surface area contributed by atoms with Crippen molar-refractivity contribution < 1.29 is 9.47 Å². The molecule has 0 saturated carbocycles. The maximum absolute atomic E-state index is 13.1. The zero-order chi connectivity index (χ0) is 24.8. The van der Waals surface area contributed by atoms with Gasteiger partial charge in [0.05, 0.1) is 19.3 Å². The largest absolute Gasteiger partial charge is 0.494 e. The fourth-order valence-corrected chi connectivity index (χ4v) is 4.17. The summed E-state index contributed by atoms with van der Waals surface area (Å²) in [4.78, 5) is 22.5. The van der Waals surface area contributed by atoms with Gasteiger partial charge in [0.25, 0.3) is 0 Å². The van der Waals surface area contributed by atoms with Crippen LogP contribution in [0.4, 0.5) is 0 Å². The molecule has 0 atom stereocenters.